The van der Waals surface area contributed by atoms with Crippen molar-refractivity contribution in [2.75, 3.05) is 31.9 Å². The molecule has 162 valence electrons. The highest BCUT2D eigenvalue weighted by Gasteiger charge is 2.37. The third kappa shape index (κ3) is 5.51. The largest absolute Gasteiger partial charge is 0.444 e. The number of carbonyl (C=O) groups is 2. The molecular weight excluding hydrogens is 412 g/mol. The van der Waals surface area contributed by atoms with Gasteiger partial charge in [-0.05, 0) is 51.5 Å². The van der Waals surface area contributed by atoms with Crippen molar-refractivity contribution in [2.45, 2.75) is 50.9 Å². The lowest BCUT2D eigenvalue weighted by Gasteiger charge is -2.35. The van der Waals surface area contributed by atoms with Crippen LogP contribution in [0.3, 0.4) is 0 Å². The molecule has 1 aromatic rings. The number of hydrogen-bond acceptors (Lipinski definition) is 6. The zero-order chi connectivity index (χ0) is 21.2. The van der Waals surface area contributed by atoms with E-state index < -0.39 is 26.8 Å². The van der Waals surface area contributed by atoms with Gasteiger partial charge < -0.3 is 14.5 Å². The molecule has 0 radical (unpaired) electrons. The summed E-state index contributed by atoms with van der Waals surface area (Å²) in [5, 5.41) is 1.34. The van der Waals surface area contributed by atoms with Crippen LogP contribution in [0.15, 0.2) is 17.5 Å². The minimum atomic E-state index is -3.29. The van der Waals surface area contributed by atoms with Crippen LogP contribution in [0.25, 0.3) is 0 Å². The number of likely N-dealkylation sites (tertiary alicyclic amines) is 1. The molecule has 1 aromatic heterocycles. The summed E-state index contributed by atoms with van der Waals surface area (Å²) in [4.78, 5) is 29.6. The Balaban J connectivity index is 1.65. The van der Waals surface area contributed by atoms with Gasteiger partial charge >= 0.3 is 6.09 Å². The molecule has 0 bridgehead atoms. The predicted molar refractivity (Wildman–Crippen MR) is 113 cm³/mol. The summed E-state index contributed by atoms with van der Waals surface area (Å²) in [6, 6.07) is 3.71. The van der Waals surface area contributed by atoms with Crippen LogP contribution in [0.4, 0.5) is 4.79 Å². The Bertz CT molecular complexity index is 830. The number of carbonyl (C=O) groups excluding carboxylic acids is 2. The van der Waals surface area contributed by atoms with Crippen molar-refractivity contribution in [3.8, 4) is 0 Å². The summed E-state index contributed by atoms with van der Waals surface area (Å²) in [7, 11) is -3.29. The molecule has 0 N–H and O–H groups in total. The van der Waals surface area contributed by atoms with E-state index >= 15 is 0 Å². The standard InChI is InChI=1S/C20H30N2O5S2/c1-20(2,3)27-19(24)22-9-4-6-15(14-22)18(23)21-10-8-17(16-7-5-12-28-16)29(25,26)13-11-21/h5,7,12,15,17H,4,6,8-11,13-14H2,1-3H3/t15-,17-/m0/s1. The quantitative estimate of drug-likeness (QED) is 0.703. The zero-order valence-electron chi connectivity index (χ0n) is 17.3. The Morgan fingerprint density at radius 3 is 2.55 bits per heavy atom. The first-order valence-corrected chi connectivity index (χ1v) is 12.7. The molecule has 7 nitrogen and oxygen atoms in total. The third-order valence-corrected chi connectivity index (χ3v) is 8.58. The smallest absolute Gasteiger partial charge is 0.410 e. The second-order valence-corrected chi connectivity index (χ2v) is 12.0. The molecule has 2 aliphatic rings. The number of piperidine rings is 1. The minimum absolute atomic E-state index is 0.0240. The second kappa shape index (κ2) is 8.63. The van der Waals surface area contributed by atoms with Gasteiger partial charge in [-0.25, -0.2) is 13.2 Å². The molecule has 2 aliphatic heterocycles. The van der Waals surface area contributed by atoms with E-state index in [1.807, 2.05) is 38.3 Å². The van der Waals surface area contributed by atoms with Crippen LogP contribution in [-0.4, -0.2) is 67.8 Å². The van der Waals surface area contributed by atoms with E-state index in [2.05, 4.69) is 0 Å². The third-order valence-electron chi connectivity index (χ3n) is 5.33. The molecule has 0 aromatic carbocycles. The maximum Gasteiger partial charge on any atom is 0.410 e. The minimum Gasteiger partial charge on any atom is -0.444 e. The Hall–Kier alpha value is -1.61. The van der Waals surface area contributed by atoms with E-state index in [0.717, 1.165) is 11.3 Å². The van der Waals surface area contributed by atoms with Crippen molar-refractivity contribution < 1.29 is 22.7 Å². The highest BCUT2D eigenvalue weighted by Crippen LogP contribution is 2.33. The van der Waals surface area contributed by atoms with Gasteiger partial charge in [0.2, 0.25) is 5.91 Å². The maximum atomic E-state index is 13.1. The van der Waals surface area contributed by atoms with Crippen LogP contribution in [-0.2, 0) is 19.4 Å². The molecule has 2 saturated heterocycles. The monoisotopic (exact) mass is 442 g/mol. The van der Waals surface area contributed by atoms with E-state index in [9.17, 15) is 18.0 Å². The van der Waals surface area contributed by atoms with Crippen LogP contribution >= 0.6 is 11.3 Å². The second-order valence-electron chi connectivity index (χ2n) is 8.75. The Labute approximate surface area is 176 Å². The van der Waals surface area contributed by atoms with Gasteiger partial charge in [0.15, 0.2) is 9.84 Å². The van der Waals surface area contributed by atoms with Crippen LogP contribution in [0.1, 0.15) is 50.2 Å². The summed E-state index contributed by atoms with van der Waals surface area (Å²) in [6.45, 7) is 6.99. The number of thiophene rings is 1. The van der Waals surface area contributed by atoms with Gasteiger partial charge in [-0.2, -0.15) is 0 Å². The SMILES string of the molecule is CC(C)(C)OC(=O)N1CCC[C@H](C(=O)N2CC[C@@H](c3cccs3)S(=O)(=O)CC2)C1. The highest BCUT2D eigenvalue weighted by atomic mass is 32.2. The van der Waals surface area contributed by atoms with Crippen LogP contribution in [0.5, 0.6) is 0 Å². The first-order valence-electron chi connectivity index (χ1n) is 10.1. The lowest BCUT2D eigenvalue weighted by atomic mass is 9.96. The molecule has 3 heterocycles. The molecule has 9 heteroatoms. The van der Waals surface area contributed by atoms with Gasteiger partial charge in [0.1, 0.15) is 5.60 Å². The molecule has 2 amide bonds. The lowest BCUT2D eigenvalue weighted by molar-refractivity contribution is -0.136. The molecule has 29 heavy (non-hydrogen) atoms. The molecular formula is C20H30N2O5S2. The van der Waals surface area contributed by atoms with Gasteiger partial charge in [-0.15, -0.1) is 11.3 Å². The van der Waals surface area contributed by atoms with Crippen LogP contribution in [0, 0.1) is 5.92 Å². The number of rotatable bonds is 2. The van der Waals surface area contributed by atoms with Crippen molar-refractivity contribution in [3.05, 3.63) is 22.4 Å². The molecule has 0 unspecified atom stereocenters. The molecule has 2 fully saturated rings. The number of nitrogens with zero attached hydrogens (tertiary/aromatic N) is 2. The number of sulfone groups is 1. The average molecular weight is 443 g/mol. The average Bonchev–Trinajstić information content (AvgIpc) is 3.11. The Morgan fingerprint density at radius 1 is 1.14 bits per heavy atom. The zero-order valence-corrected chi connectivity index (χ0v) is 18.9. The van der Waals surface area contributed by atoms with Gasteiger partial charge in [-0.3, -0.25) is 4.79 Å². The van der Waals surface area contributed by atoms with Crippen molar-refractivity contribution in [1.29, 1.82) is 0 Å². The van der Waals surface area contributed by atoms with Gasteiger partial charge in [-0.1, -0.05) is 6.07 Å². The summed E-state index contributed by atoms with van der Waals surface area (Å²) >= 11 is 1.45. The Kier molecular flexibility index (Phi) is 6.57. The molecule has 3 rings (SSSR count). The van der Waals surface area contributed by atoms with Crippen LogP contribution < -0.4 is 0 Å². The fourth-order valence-corrected chi connectivity index (χ4v) is 6.89. The molecule has 0 spiro atoms. The van der Waals surface area contributed by atoms with Crippen molar-refractivity contribution >= 4 is 33.2 Å². The van der Waals surface area contributed by atoms with E-state index in [1.165, 1.54) is 11.3 Å². The van der Waals surface area contributed by atoms with E-state index in [4.69, 9.17) is 4.74 Å². The number of ether oxygens (including phenoxy) is 1. The first kappa shape index (κ1) is 22.1. The van der Waals surface area contributed by atoms with Gasteiger partial charge in [0.25, 0.3) is 0 Å². The van der Waals surface area contributed by atoms with Crippen molar-refractivity contribution in [2.24, 2.45) is 5.92 Å². The summed E-state index contributed by atoms with van der Waals surface area (Å²) in [5.41, 5.74) is -0.579. The number of amides is 2. The number of hydrogen-bond donors (Lipinski definition) is 0. The lowest BCUT2D eigenvalue weighted by Crippen LogP contribution is -2.48. The van der Waals surface area contributed by atoms with Gasteiger partial charge in [0.05, 0.1) is 16.9 Å². The van der Waals surface area contributed by atoms with Crippen molar-refractivity contribution in [3.63, 3.8) is 0 Å². The van der Waals surface area contributed by atoms with E-state index in [-0.39, 0.29) is 24.1 Å². The predicted octanol–water partition coefficient (Wildman–Crippen LogP) is 3.08. The van der Waals surface area contributed by atoms with E-state index in [1.54, 1.807) is 9.80 Å². The summed E-state index contributed by atoms with van der Waals surface area (Å²) in [6.07, 6.45) is 1.46. The molecule has 0 aliphatic carbocycles. The normalized spacial score (nSPS) is 25.3. The maximum absolute atomic E-state index is 13.1. The van der Waals surface area contributed by atoms with E-state index in [0.29, 0.717) is 32.5 Å². The molecule has 2 atom stereocenters. The first-order chi connectivity index (χ1) is 13.6. The fraction of sp³-hybridized carbons (Fsp3) is 0.700. The van der Waals surface area contributed by atoms with Crippen LogP contribution in [0.2, 0.25) is 0 Å². The highest BCUT2D eigenvalue weighted by molar-refractivity contribution is 7.91. The topological polar surface area (TPSA) is 84.0 Å². The molecule has 0 saturated carbocycles. The Morgan fingerprint density at radius 2 is 1.90 bits per heavy atom. The summed E-state index contributed by atoms with van der Waals surface area (Å²) in [5.74, 6) is -0.387. The fourth-order valence-electron chi connectivity index (χ4n) is 3.89. The van der Waals surface area contributed by atoms with Crippen molar-refractivity contribution in [1.82, 2.24) is 9.80 Å². The summed E-state index contributed by atoms with van der Waals surface area (Å²) < 4.78 is 30.9. The van der Waals surface area contributed by atoms with Gasteiger partial charge in [0, 0.05) is 31.1 Å².